The van der Waals surface area contributed by atoms with Gasteiger partial charge in [-0.05, 0) is 44.0 Å². The van der Waals surface area contributed by atoms with Gasteiger partial charge in [0.15, 0.2) is 0 Å². The van der Waals surface area contributed by atoms with Crippen LogP contribution in [0.2, 0.25) is 0 Å². The normalized spacial score (nSPS) is 12.3. The van der Waals surface area contributed by atoms with Crippen LogP contribution in [-0.4, -0.2) is 27.6 Å². The lowest BCUT2D eigenvalue weighted by Crippen LogP contribution is -2.28. The van der Waals surface area contributed by atoms with Crippen LogP contribution >= 0.6 is 0 Å². The van der Waals surface area contributed by atoms with Crippen molar-refractivity contribution >= 4 is 0 Å². The van der Waals surface area contributed by atoms with E-state index in [0.717, 1.165) is 24.4 Å². The Balaban J connectivity index is 1.81. The molecule has 0 radical (unpaired) electrons. The van der Waals surface area contributed by atoms with Crippen molar-refractivity contribution in [3.05, 3.63) is 41.7 Å². The van der Waals surface area contributed by atoms with E-state index in [1.165, 1.54) is 12.0 Å². The Bertz CT molecular complexity index is 535. The fourth-order valence-corrected chi connectivity index (χ4v) is 2.16. The number of nitrogens with one attached hydrogen (secondary N) is 1. The predicted octanol–water partition coefficient (Wildman–Crippen LogP) is 2.32. The van der Waals surface area contributed by atoms with E-state index < -0.39 is 0 Å². The van der Waals surface area contributed by atoms with Crippen LogP contribution in [0.1, 0.15) is 31.5 Å². The lowest BCUT2D eigenvalue weighted by atomic mass is 10.1. The number of aromatic nitrogens is 3. The quantitative estimate of drug-likeness (QED) is 0.810. The van der Waals surface area contributed by atoms with Crippen molar-refractivity contribution in [1.29, 1.82) is 0 Å². The molecule has 1 aromatic heterocycles. The fourth-order valence-electron chi connectivity index (χ4n) is 2.16. The molecule has 0 fully saturated rings. The Morgan fingerprint density at radius 3 is 2.67 bits per heavy atom. The van der Waals surface area contributed by atoms with Gasteiger partial charge in [0, 0.05) is 13.1 Å². The van der Waals surface area contributed by atoms with Gasteiger partial charge in [-0.2, -0.15) is 0 Å². The van der Waals surface area contributed by atoms with Crippen LogP contribution in [-0.2, 0) is 20.1 Å². The second-order valence-electron chi connectivity index (χ2n) is 5.38. The third kappa shape index (κ3) is 5.19. The fraction of sp³-hybridized carbons (Fsp3) is 0.500. The number of benzene rings is 1. The smallest absolute Gasteiger partial charge is 0.134 e. The molecule has 0 aliphatic heterocycles. The molecule has 1 atom stereocenters. The number of hydrogen-bond donors (Lipinski definition) is 1. The maximum atomic E-state index is 5.70. The maximum absolute atomic E-state index is 5.70. The van der Waals surface area contributed by atoms with Gasteiger partial charge in [0.1, 0.15) is 18.1 Å². The van der Waals surface area contributed by atoms with Crippen LogP contribution < -0.4 is 10.1 Å². The Morgan fingerprint density at radius 2 is 2.05 bits per heavy atom. The van der Waals surface area contributed by atoms with Gasteiger partial charge < -0.3 is 10.1 Å². The molecule has 0 bridgehead atoms. The average molecular weight is 288 g/mol. The summed E-state index contributed by atoms with van der Waals surface area (Å²) in [6.45, 7) is 5.92. The standard InChI is InChI=1S/C16H24N4O/c1-4-9-17-13(2)10-14-5-7-16(8-6-14)21-12-15-11-20(3)19-18-15/h5-8,11,13,17H,4,9-10,12H2,1-3H3. The molecule has 114 valence electrons. The van der Waals surface area contributed by atoms with Gasteiger partial charge in [-0.25, -0.2) is 0 Å². The van der Waals surface area contributed by atoms with Gasteiger partial charge in [-0.1, -0.05) is 24.3 Å². The molecule has 0 saturated heterocycles. The molecular formula is C16H24N4O. The minimum Gasteiger partial charge on any atom is -0.487 e. The van der Waals surface area contributed by atoms with E-state index in [2.05, 4.69) is 41.6 Å². The second-order valence-corrected chi connectivity index (χ2v) is 5.38. The molecule has 21 heavy (non-hydrogen) atoms. The molecule has 1 heterocycles. The van der Waals surface area contributed by atoms with Crippen LogP contribution in [0, 0.1) is 0 Å². The average Bonchev–Trinajstić information content (AvgIpc) is 2.90. The highest BCUT2D eigenvalue weighted by Gasteiger charge is 2.04. The van der Waals surface area contributed by atoms with Crippen LogP contribution in [0.3, 0.4) is 0 Å². The van der Waals surface area contributed by atoms with Crippen LogP contribution in [0.15, 0.2) is 30.5 Å². The molecule has 2 aromatic rings. The number of rotatable bonds is 8. The van der Waals surface area contributed by atoms with Gasteiger partial charge >= 0.3 is 0 Å². The lowest BCUT2D eigenvalue weighted by molar-refractivity contribution is 0.301. The Kier molecular flexibility index (Phi) is 5.75. The molecule has 0 aliphatic rings. The third-order valence-corrected chi connectivity index (χ3v) is 3.24. The van der Waals surface area contributed by atoms with Crippen molar-refractivity contribution in [3.8, 4) is 5.75 Å². The molecule has 2 rings (SSSR count). The van der Waals surface area contributed by atoms with Crippen LogP contribution in [0.25, 0.3) is 0 Å². The molecule has 0 spiro atoms. The second kappa shape index (κ2) is 7.78. The molecule has 0 aliphatic carbocycles. The van der Waals surface area contributed by atoms with E-state index in [1.807, 2.05) is 25.4 Å². The summed E-state index contributed by atoms with van der Waals surface area (Å²) in [7, 11) is 1.85. The molecular weight excluding hydrogens is 264 g/mol. The lowest BCUT2D eigenvalue weighted by Gasteiger charge is -2.13. The molecule has 0 amide bonds. The number of ether oxygens (including phenoxy) is 1. The van der Waals surface area contributed by atoms with E-state index in [9.17, 15) is 0 Å². The maximum Gasteiger partial charge on any atom is 0.134 e. The van der Waals surface area contributed by atoms with Crippen molar-refractivity contribution in [2.45, 2.75) is 39.3 Å². The van der Waals surface area contributed by atoms with Crippen molar-refractivity contribution < 1.29 is 4.74 Å². The summed E-state index contributed by atoms with van der Waals surface area (Å²) < 4.78 is 7.37. The SMILES string of the molecule is CCCNC(C)Cc1ccc(OCc2cn(C)nn2)cc1. The van der Waals surface area contributed by atoms with Crippen LogP contribution in [0.4, 0.5) is 0 Å². The first-order valence-corrected chi connectivity index (χ1v) is 7.47. The minimum atomic E-state index is 0.446. The van der Waals surface area contributed by atoms with Gasteiger partial charge in [0.05, 0.1) is 6.20 Å². The molecule has 1 N–H and O–H groups in total. The minimum absolute atomic E-state index is 0.446. The van der Waals surface area contributed by atoms with E-state index in [0.29, 0.717) is 12.6 Å². The molecule has 5 nitrogen and oxygen atoms in total. The zero-order valence-electron chi connectivity index (χ0n) is 13.0. The summed E-state index contributed by atoms with van der Waals surface area (Å²) in [5.74, 6) is 0.860. The monoisotopic (exact) mass is 288 g/mol. The molecule has 1 aromatic carbocycles. The van der Waals surface area contributed by atoms with Crippen molar-refractivity contribution in [2.24, 2.45) is 7.05 Å². The number of nitrogens with zero attached hydrogens (tertiary/aromatic N) is 3. The molecule has 1 unspecified atom stereocenters. The summed E-state index contributed by atoms with van der Waals surface area (Å²) in [6, 6.07) is 8.76. The molecule has 0 saturated carbocycles. The first-order valence-electron chi connectivity index (χ1n) is 7.47. The predicted molar refractivity (Wildman–Crippen MR) is 83.2 cm³/mol. The summed E-state index contributed by atoms with van der Waals surface area (Å²) >= 11 is 0. The topological polar surface area (TPSA) is 52.0 Å². The van der Waals surface area contributed by atoms with Crippen molar-refractivity contribution in [1.82, 2.24) is 20.3 Å². The summed E-state index contributed by atoms with van der Waals surface area (Å²) in [5.41, 5.74) is 2.15. The zero-order valence-corrected chi connectivity index (χ0v) is 13.0. The van der Waals surface area contributed by atoms with E-state index in [-0.39, 0.29) is 0 Å². The van der Waals surface area contributed by atoms with E-state index in [4.69, 9.17) is 4.74 Å². The van der Waals surface area contributed by atoms with Gasteiger partial charge in [0.25, 0.3) is 0 Å². The Labute approximate surface area is 126 Å². The first kappa shape index (κ1) is 15.5. The first-order chi connectivity index (χ1) is 10.2. The largest absolute Gasteiger partial charge is 0.487 e. The van der Waals surface area contributed by atoms with Crippen molar-refractivity contribution in [3.63, 3.8) is 0 Å². The highest BCUT2D eigenvalue weighted by atomic mass is 16.5. The number of aryl methyl sites for hydroxylation is 1. The third-order valence-electron chi connectivity index (χ3n) is 3.24. The highest BCUT2D eigenvalue weighted by molar-refractivity contribution is 5.27. The van der Waals surface area contributed by atoms with Crippen LogP contribution in [0.5, 0.6) is 5.75 Å². The zero-order chi connectivity index (χ0) is 15.1. The Morgan fingerprint density at radius 1 is 1.29 bits per heavy atom. The van der Waals surface area contributed by atoms with Gasteiger partial charge in [-0.15, -0.1) is 5.10 Å². The van der Waals surface area contributed by atoms with Gasteiger partial charge in [0.2, 0.25) is 0 Å². The number of hydrogen-bond acceptors (Lipinski definition) is 4. The summed E-state index contributed by atoms with van der Waals surface area (Å²) in [5, 5.41) is 11.4. The Hall–Kier alpha value is -1.88. The van der Waals surface area contributed by atoms with Gasteiger partial charge in [-0.3, -0.25) is 4.68 Å². The van der Waals surface area contributed by atoms with E-state index in [1.54, 1.807) is 4.68 Å². The highest BCUT2D eigenvalue weighted by Crippen LogP contribution is 2.14. The molecule has 5 heteroatoms. The van der Waals surface area contributed by atoms with Crippen molar-refractivity contribution in [2.75, 3.05) is 6.54 Å². The summed E-state index contributed by atoms with van der Waals surface area (Å²) in [4.78, 5) is 0. The summed E-state index contributed by atoms with van der Waals surface area (Å²) in [6.07, 6.45) is 4.05. The van der Waals surface area contributed by atoms with E-state index >= 15 is 0 Å².